The van der Waals surface area contributed by atoms with Crippen LogP contribution in [0.3, 0.4) is 0 Å². The smallest absolute Gasteiger partial charge is 0.407 e. The van der Waals surface area contributed by atoms with Crippen LogP contribution in [0.4, 0.5) is 10.5 Å². The number of ether oxygens (including phenoxy) is 1. The molecule has 4 amide bonds. The van der Waals surface area contributed by atoms with Crippen molar-refractivity contribution in [2.75, 3.05) is 11.9 Å². The molecule has 3 N–H and O–H groups in total. The van der Waals surface area contributed by atoms with Crippen molar-refractivity contribution in [1.82, 2.24) is 20.2 Å². The van der Waals surface area contributed by atoms with E-state index in [1.165, 1.54) is 15.9 Å². The van der Waals surface area contributed by atoms with Crippen LogP contribution in [0.25, 0.3) is 10.9 Å². The molecule has 1 atom stereocenters. The Kier molecular flexibility index (Phi) is 7.63. The number of imide groups is 1. The molecule has 1 fully saturated rings. The molecular weight excluding hydrogens is 510 g/mol. The Labute approximate surface area is 222 Å². The van der Waals surface area contributed by atoms with Gasteiger partial charge in [0.2, 0.25) is 11.8 Å². The zero-order valence-electron chi connectivity index (χ0n) is 21.5. The average molecular weight is 540 g/mol. The Balaban J connectivity index is 1.48. The number of para-hydroxylation sites is 1. The number of hydrogen-bond acceptors (Lipinski definition) is 8. The SMILES string of the molecule is Cc1nc2c(NC(=O)c3ccc(CCNC(=O)OC(C)(C)C)s3)cccc2c(=O)n1C1CCC(=O)NC1=O. The average Bonchev–Trinajstić information content (AvgIpc) is 3.29. The molecule has 1 saturated heterocycles. The van der Waals surface area contributed by atoms with Gasteiger partial charge in [0.15, 0.2) is 0 Å². The quantitative estimate of drug-likeness (QED) is 0.408. The minimum absolute atomic E-state index is 0.135. The Morgan fingerprint density at radius 3 is 2.66 bits per heavy atom. The van der Waals surface area contributed by atoms with Crippen molar-refractivity contribution in [1.29, 1.82) is 0 Å². The maximum absolute atomic E-state index is 13.3. The van der Waals surface area contributed by atoms with Crippen molar-refractivity contribution in [2.45, 2.75) is 58.6 Å². The summed E-state index contributed by atoms with van der Waals surface area (Å²) in [6.45, 7) is 7.34. The molecule has 2 aromatic heterocycles. The lowest BCUT2D eigenvalue weighted by molar-refractivity contribution is -0.135. The highest BCUT2D eigenvalue weighted by molar-refractivity contribution is 7.14. The number of rotatable bonds is 6. The zero-order valence-corrected chi connectivity index (χ0v) is 22.4. The molecule has 1 aromatic carbocycles. The van der Waals surface area contributed by atoms with Crippen molar-refractivity contribution in [3.8, 4) is 0 Å². The van der Waals surface area contributed by atoms with E-state index in [9.17, 15) is 24.0 Å². The molecule has 1 aliphatic rings. The first-order valence-electron chi connectivity index (χ1n) is 12.2. The summed E-state index contributed by atoms with van der Waals surface area (Å²) in [5.74, 6) is -0.962. The van der Waals surface area contributed by atoms with Crippen molar-refractivity contribution < 1.29 is 23.9 Å². The number of carbonyl (C=O) groups excluding carboxylic acids is 4. The fraction of sp³-hybridized carbons (Fsp3) is 0.385. The number of alkyl carbamates (subject to hydrolysis) is 1. The molecule has 0 bridgehead atoms. The number of aryl methyl sites for hydroxylation is 1. The summed E-state index contributed by atoms with van der Waals surface area (Å²) in [6, 6.07) is 7.56. The number of nitrogens with one attached hydrogen (secondary N) is 3. The second-order valence-electron chi connectivity index (χ2n) is 9.90. The molecule has 12 heteroatoms. The van der Waals surface area contributed by atoms with Gasteiger partial charge >= 0.3 is 6.09 Å². The van der Waals surface area contributed by atoms with Crippen molar-refractivity contribution in [2.24, 2.45) is 0 Å². The van der Waals surface area contributed by atoms with E-state index in [-0.39, 0.29) is 30.0 Å². The first-order valence-corrected chi connectivity index (χ1v) is 13.0. The van der Waals surface area contributed by atoms with Gasteiger partial charge < -0.3 is 15.4 Å². The molecule has 4 rings (SSSR count). The van der Waals surface area contributed by atoms with Gasteiger partial charge in [-0.05, 0) is 64.8 Å². The lowest BCUT2D eigenvalue weighted by Gasteiger charge is -2.24. The van der Waals surface area contributed by atoms with Crippen molar-refractivity contribution in [3.05, 3.63) is 56.3 Å². The third kappa shape index (κ3) is 6.08. The highest BCUT2D eigenvalue weighted by atomic mass is 32.1. The topological polar surface area (TPSA) is 148 Å². The summed E-state index contributed by atoms with van der Waals surface area (Å²) in [4.78, 5) is 67.9. The van der Waals surface area contributed by atoms with E-state index >= 15 is 0 Å². The van der Waals surface area contributed by atoms with Crippen LogP contribution in [0.5, 0.6) is 0 Å². The van der Waals surface area contributed by atoms with E-state index in [0.29, 0.717) is 34.9 Å². The number of amides is 4. The summed E-state index contributed by atoms with van der Waals surface area (Å²) >= 11 is 1.30. The summed E-state index contributed by atoms with van der Waals surface area (Å²) in [7, 11) is 0. The highest BCUT2D eigenvalue weighted by Gasteiger charge is 2.30. The molecule has 3 heterocycles. The maximum Gasteiger partial charge on any atom is 0.407 e. The predicted molar refractivity (Wildman–Crippen MR) is 142 cm³/mol. The Hall–Kier alpha value is -4.06. The van der Waals surface area contributed by atoms with Gasteiger partial charge in [-0.3, -0.25) is 29.1 Å². The number of nitrogens with zero attached hydrogens (tertiary/aromatic N) is 2. The van der Waals surface area contributed by atoms with Crippen LogP contribution in [0.2, 0.25) is 0 Å². The molecule has 0 radical (unpaired) electrons. The Morgan fingerprint density at radius 1 is 1.18 bits per heavy atom. The van der Waals surface area contributed by atoms with E-state index in [1.807, 2.05) is 6.07 Å². The van der Waals surface area contributed by atoms with Gasteiger partial charge in [0.25, 0.3) is 11.5 Å². The fourth-order valence-electron chi connectivity index (χ4n) is 4.15. The van der Waals surface area contributed by atoms with Gasteiger partial charge in [0.1, 0.15) is 23.0 Å². The number of thiophene rings is 1. The maximum atomic E-state index is 13.3. The Bertz CT molecular complexity index is 1490. The fourth-order valence-corrected chi connectivity index (χ4v) is 5.05. The standard InChI is InChI=1S/C26H29N5O6S/c1-14-28-21-16(24(35)31(14)18-9-11-20(32)30-22(18)33)6-5-7-17(21)29-23(34)19-10-8-15(38-19)12-13-27-25(36)37-26(2,3)4/h5-8,10,18H,9,11-13H2,1-4H3,(H,27,36)(H,29,34)(H,30,32,33). The first kappa shape index (κ1) is 27.0. The number of fused-ring (bicyclic) bond motifs is 1. The second kappa shape index (κ2) is 10.7. The number of carbonyl (C=O) groups is 4. The Morgan fingerprint density at radius 2 is 1.95 bits per heavy atom. The van der Waals surface area contributed by atoms with Crippen LogP contribution >= 0.6 is 11.3 Å². The normalized spacial score (nSPS) is 15.7. The number of hydrogen-bond donors (Lipinski definition) is 3. The van der Waals surface area contributed by atoms with E-state index in [4.69, 9.17) is 4.74 Å². The largest absolute Gasteiger partial charge is 0.444 e. The lowest BCUT2D eigenvalue weighted by atomic mass is 10.1. The van der Waals surface area contributed by atoms with Crippen molar-refractivity contribution in [3.63, 3.8) is 0 Å². The van der Waals surface area contributed by atoms with E-state index in [2.05, 4.69) is 20.9 Å². The summed E-state index contributed by atoms with van der Waals surface area (Å²) in [6.07, 6.45) is 0.383. The monoisotopic (exact) mass is 539 g/mol. The lowest BCUT2D eigenvalue weighted by Crippen LogP contribution is -2.45. The van der Waals surface area contributed by atoms with Crippen molar-refractivity contribution >= 4 is 51.7 Å². The number of piperidine rings is 1. The van der Waals surface area contributed by atoms with E-state index < -0.39 is 29.2 Å². The van der Waals surface area contributed by atoms with E-state index in [1.54, 1.807) is 52.0 Å². The molecule has 3 aromatic rings. The highest BCUT2D eigenvalue weighted by Crippen LogP contribution is 2.25. The number of anilines is 1. The predicted octanol–water partition coefficient (Wildman–Crippen LogP) is 3.06. The molecule has 1 unspecified atom stereocenters. The number of aromatic nitrogens is 2. The third-order valence-electron chi connectivity index (χ3n) is 5.80. The van der Waals surface area contributed by atoms with Crippen LogP contribution < -0.4 is 21.5 Å². The summed E-state index contributed by atoms with van der Waals surface area (Å²) in [5, 5.41) is 8.04. The van der Waals surface area contributed by atoms with Gasteiger partial charge in [-0.2, -0.15) is 0 Å². The minimum atomic E-state index is -0.829. The molecule has 0 spiro atoms. The minimum Gasteiger partial charge on any atom is -0.444 e. The van der Waals surface area contributed by atoms with Gasteiger partial charge in [-0.15, -0.1) is 11.3 Å². The molecule has 1 aliphatic heterocycles. The number of benzene rings is 1. The molecule has 0 saturated carbocycles. The van der Waals surface area contributed by atoms with Crippen LogP contribution in [-0.4, -0.2) is 45.5 Å². The van der Waals surface area contributed by atoms with Crippen LogP contribution in [0.15, 0.2) is 35.1 Å². The molecule has 200 valence electrons. The van der Waals surface area contributed by atoms with Gasteiger partial charge in [-0.25, -0.2) is 9.78 Å². The van der Waals surface area contributed by atoms with Gasteiger partial charge in [-0.1, -0.05) is 6.07 Å². The van der Waals surface area contributed by atoms with E-state index in [0.717, 1.165) is 4.88 Å². The van der Waals surface area contributed by atoms with Crippen LogP contribution in [0, 0.1) is 6.92 Å². The molecule has 11 nitrogen and oxygen atoms in total. The van der Waals surface area contributed by atoms with Crippen LogP contribution in [-0.2, 0) is 20.7 Å². The van der Waals surface area contributed by atoms with Crippen LogP contribution in [0.1, 0.15) is 60.0 Å². The second-order valence-corrected chi connectivity index (χ2v) is 11.1. The summed E-state index contributed by atoms with van der Waals surface area (Å²) < 4.78 is 6.51. The molecule has 0 aliphatic carbocycles. The summed E-state index contributed by atoms with van der Waals surface area (Å²) in [5.41, 5.74) is -0.324. The first-order chi connectivity index (χ1) is 17.9. The zero-order chi connectivity index (χ0) is 27.6. The molecular formula is C26H29N5O6S. The molecule has 38 heavy (non-hydrogen) atoms. The third-order valence-corrected chi connectivity index (χ3v) is 6.95. The van der Waals surface area contributed by atoms with Gasteiger partial charge in [0.05, 0.1) is 16.0 Å². The van der Waals surface area contributed by atoms with Gasteiger partial charge in [0, 0.05) is 17.8 Å².